The first-order valence-corrected chi connectivity index (χ1v) is 5.32. The van der Waals surface area contributed by atoms with E-state index in [0.717, 1.165) is 11.5 Å². The molecule has 6 nitrogen and oxygen atoms in total. The second-order valence-corrected chi connectivity index (χ2v) is 3.60. The zero-order chi connectivity index (χ0) is 12.1. The molecule has 2 rings (SSSR count). The highest BCUT2D eigenvalue weighted by molar-refractivity contribution is 5.92. The molecule has 0 aromatic carbocycles. The number of nitrogens with zero attached hydrogens (tertiary/aromatic N) is 3. The normalized spacial score (nSPS) is 10.2. The monoisotopic (exact) mass is 231 g/mol. The van der Waals surface area contributed by atoms with Crippen LogP contribution < -0.4 is 5.32 Å². The number of aryl methyl sites for hydroxylation is 1. The molecular formula is C11H13N5O. The van der Waals surface area contributed by atoms with E-state index >= 15 is 0 Å². The second-order valence-electron chi connectivity index (χ2n) is 3.60. The average Bonchev–Trinajstić information content (AvgIpc) is 2.82. The number of aromatic amines is 1. The van der Waals surface area contributed by atoms with E-state index in [-0.39, 0.29) is 5.91 Å². The first-order chi connectivity index (χ1) is 8.25. The summed E-state index contributed by atoms with van der Waals surface area (Å²) < 4.78 is 0. The molecule has 2 aromatic rings. The number of nitrogens with one attached hydrogen (secondary N) is 2. The maximum Gasteiger partial charge on any atom is 0.269 e. The van der Waals surface area contributed by atoms with E-state index in [9.17, 15) is 4.79 Å². The van der Waals surface area contributed by atoms with E-state index in [1.807, 2.05) is 19.1 Å². The fourth-order valence-electron chi connectivity index (χ4n) is 1.41. The maximum atomic E-state index is 11.7. The fraction of sp³-hybridized carbons (Fsp3) is 0.273. The minimum Gasteiger partial charge on any atom is -0.350 e. The highest BCUT2D eigenvalue weighted by Gasteiger charge is 2.06. The molecule has 2 N–H and O–H groups in total. The molecule has 88 valence electrons. The third-order valence-electron chi connectivity index (χ3n) is 2.23. The van der Waals surface area contributed by atoms with Crippen LogP contribution in [0.2, 0.25) is 0 Å². The summed E-state index contributed by atoms with van der Waals surface area (Å²) in [6.45, 7) is 2.36. The van der Waals surface area contributed by atoms with Crippen LogP contribution in [-0.2, 0) is 6.42 Å². The third-order valence-corrected chi connectivity index (χ3v) is 2.23. The molecule has 0 saturated heterocycles. The Morgan fingerprint density at radius 3 is 3.06 bits per heavy atom. The van der Waals surface area contributed by atoms with Crippen molar-refractivity contribution >= 4 is 5.91 Å². The van der Waals surface area contributed by atoms with Crippen molar-refractivity contribution < 1.29 is 4.79 Å². The van der Waals surface area contributed by atoms with Crippen LogP contribution in [0, 0.1) is 6.92 Å². The van der Waals surface area contributed by atoms with Crippen LogP contribution in [0.15, 0.2) is 24.5 Å². The number of carbonyl (C=O) groups excluding carboxylic acids is 1. The molecule has 0 aliphatic carbocycles. The quantitative estimate of drug-likeness (QED) is 0.801. The lowest BCUT2D eigenvalue weighted by molar-refractivity contribution is 0.0949. The molecule has 0 unspecified atom stereocenters. The summed E-state index contributed by atoms with van der Waals surface area (Å²) in [5, 5.41) is 9.24. The highest BCUT2D eigenvalue weighted by Crippen LogP contribution is 1.97. The number of aromatic nitrogens is 4. The lowest BCUT2D eigenvalue weighted by Gasteiger charge is -2.03. The minimum atomic E-state index is -0.173. The first kappa shape index (κ1) is 11.3. The second kappa shape index (κ2) is 5.20. The molecule has 0 spiro atoms. The van der Waals surface area contributed by atoms with Gasteiger partial charge in [0.15, 0.2) is 0 Å². The lowest BCUT2D eigenvalue weighted by Crippen LogP contribution is -2.26. The van der Waals surface area contributed by atoms with E-state index < -0.39 is 0 Å². The summed E-state index contributed by atoms with van der Waals surface area (Å²) in [5.74, 6) is 0.579. The zero-order valence-corrected chi connectivity index (χ0v) is 9.47. The van der Waals surface area contributed by atoms with Crippen LogP contribution in [0.25, 0.3) is 0 Å². The van der Waals surface area contributed by atoms with Gasteiger partial charge in [-0.25, -0.2) is 9.97 Å². The Morgan fingerprint density at radius 1 is 1.47 bits per heavy atom. The predicted octanol–water partition coefficient (Wildman–Crippen LogP) is 0.481. The van der Waals surface area contributed by atoms with Gasteiger partial charge in [-0.2, -0.15) is 5.10 Å². The molecule has 1 amide bonds. The first-order valence-electron chi connectivity index (χ1n) is 5.32. The van der Waals surface area contributed by atoms with Gasteiger partial charge in [-0.05, 0) is 19.1 Å². The van der Waals surface area contributed by atoms with Gasteiger partial charge < -0.3 is 5.32 Å². The standard InChI is InChI=1S/C11H13N5O/c1-8-3-2-4-9(15-8)11(17)12-6-5-10-13-7-14-16-10/h2-4,7H,5-6H2,1H3,(H,12,17)(H,13,14,16). The zero-order valence-electron chi connectivity index (χ0n) is 9.47. The van der Waals surface area contributed by atoms with Crippen molar-refractivity contribution in [1.82, 2.24) is 25.5 Å². The molecular weight excluding hydrogens is 218 g/mol. The van der Waals surface area contributed by atoms with Gasteiger partial charge in [0.2, 0.25) is 0 Å². The number of hydrogen-bond acceptors (Lipinski definition) is 4. The van der Waals surface area contributed by atoms with Gasteiger partial charge in [0.25, 0.3) is 5.91 Å². The van der Waals surface area contributed by atoms with Crippen molar-refractivity contribution in [3.8, 4) is 0 Å². The van der Waals surface area contributed by atoms with Gasteiger partial charge in [-0.1, -0.05) is 6.07 Å². The molecule has 0 saturated carbocycles. The number of amides is 1. The van der Waals surface area contributed by atoms with E-state index in [4.69, 9.17) is 0 Å². The van der Waals surface area contributed by atoms with E-state index in [1.165, 1.54) is 6.33 Å². The maximum absolute atomic E-state index is 11.7. The van der Waals surface area contributed by atoms with Crippen LogP contribution in [-0.4, -0.2) is 32.6 Å². The van der Waals surface area contributed by atoms with Crippen molar-refractivity contribution in [2.24, 2.45) is 0 Å². The Balaban J connectivity index is 1.85. The smallest absolute Gasteiger partial charge is 0.269 e. The van der Waals surface area contributed by atoms with E-state index in [1.54, 1.807) is 6.07 Å². The van der Waals surface area contributed by atoms with Gasteiger partial charge in [0.05, 0.1) is 0 Å². The Hall–Kier alpha value is -2.24. The van der Waals surface area contributed by atoms with Crippen LogP contribution in [0.1, 0.15) is 22.0 Å². The Morgan fingerprint density at radius 2 is 2.35 bits per heavy atom. The molecule has 0 fully saturated rings. The summed E-state index contributed by atoms with van der Waals surface area (Å²) in [7, 11) is 0. The van der Waals surface area contributed by atoms with Gasteiger partial charge in [0.1, 0.15) is 17.8 Å². The van der Waals surface area contributed by atoms with Crippen molar-refractivity contribution in [3.63, 3.8) is 0 Å². The van der Waals surface area contributed by atoms with E-state index in [0.29, 0.717) is 18.7 Å². The number of pyridine rings is 1. The van der Waals surface area contributed by atoms with Crippen LogP contribution >= 0.6 is 0 Å². The SMILES string of the molecule is Cc1cccc(C(=O)NCCc2ncn[nH]2)n1. The Labute approximate surface area is 98.5 Å². The van der Waals surface area contributed by atoms with Crippen molar-refractivity contribution in [1.29, 1.82) is 0 Å². The predicted molar refractivity (Wildman–Crippen MR) is 61.4 cm³/mol. The van der Waals surface area contributed by atoms with Gasteiger partial charge in [-0.15, -0.1) is 0 Å². The third kappa shape index (κ3) is 3.10. The lowest BCUT2D eigenvalue weighted by atomic mass is 10.3. The molecule has 0 radical (unpaired) electrons. The topological polar surface area (TPSA) is 83.6 Å². The molecule has 0 atom stereocenters. The van der Waals surface area contributed by atoms with Crippen LogP contribution in [0.5, 0.6) is 0 Å². The summed E-state index contributed by atoms with van der Waals surface area (Å²) in [5.41, 5.74) is 1.26. The molecule has 2 heterocycles. The van der Waals surface area contributed by atoms with Crippen molar-refractivity contribution in [2.45, 2.75) is 13.3 Å². The molecule has 0 bridgehead atoms. The van der Waals surface area contributed by atoms with E-state index in [2.05, 4.69) is 25.5 Å². The van der Waals surface area contributed by atoms with Gasteiger partial charge >= 0.3 is 0 Å². The number of H-pyrrole nitrogens is 1. The minimum absolute atomic E-state index is 0.173. The largest absolute Gasteiger partial charge is 0.350 e. The Bertz CT molecular complexity index is 494. The number of rotatable bonds is 4. The van der Waals surface area contributed by atoms with Gasteiger partial charge in [0, 0.05) is 18.7 Å². The van der Waals surface area contributed by atoms with Gasteiger partial charge in [-0.3, -0.25) is 9.89 Å². The molecule has 0 aliphatic heterocycles. The number of carbonyl (C=O) groups is 1. The number of hydrogen-bond donors (Lipinski definition) is 2. The fourth-order valence-corrected chi connectivity index (χ4v) is 1.41. The molecule has 2 aromatic heterocycles. The Kier molecular flexibility index (Phi) is 3.44. The summed E-state index contributed by atoms with van der Waals surface area (Å²) >= 11 is 0. The molecule has 0 aliphatic rings. The van der Waals surface area contributed by atoms with Crippen molar-refractivity contribution in [3.05, 3.63) is 41.7 Å². The van der Waals surface area contributed by atoms with Crippen LogP contribution in [0.4, 0.5) is 0 Å². The van der Waals surface area contributed by atoms with Crippen LogP contribution in [0.3, 0.4) is 0 Å². The molecule has 6 heteroatoms. The summed E-state index contributed by atoms with van der Waals surface area (Å²) in [6, 6.07) is 5.36. The molecule has 17 heavy (non-hydrogen) atoms. The summed E-state index contributed by atoms with van der Waals surface area (Å²) in [6.07, 6.45) is 2.07. The van der Waals surface area contributed by atoms with Crippen molar-refractivity contribution in [2.75, 3.05) is 6.54 Å². The average molecular weight is 231 g/mol. The highest BCUT2D eigenvalue weighted by atomic mass is 16.1. The summed E-state index contributed by atoms with van der Waals surface area (Å²) in [4.78, 5) is 19.8.